The monoisotopic (exact) mass is 267 g/mol. The molecule has 110 valence electrons. The third-order valence-corrected chi connectivity index (χ3v) is 4.30. The molecule has 2 heterocycles. The Morgan fingerprint density at radius 2 is 2.00 bits per heavy atom. The van der Waals surface area contributed by atoms with E-state index in [-0.39, 0.29) is 6.04 Å². The van der Waals surface area contributed by atoms with Crippen molar-refractivity contribution in [3.63, 3.8) is 0 Å². The van der Waals surface area contributed by atoms with Crippen LogP contribution in [0.3, 0.4) is 0 Å². The molecule has 0 aromatic rings. The lowest BCUT2D eigenvalue weighted by Gasteiger charge is -2.33. The van der Waals surface area contributed by atoms with Gasteiger partial charge in [0.15, 0.2) is 0 Å². The van der Waals surface area contributed by atoms with Crippen molar-refractivity contribution in [3.8, 4) is 0 Å². The maximum absolute atomic E-state index is 12.6. The second kappa shape index (κ2) is 7.25. The summed E-state index contributed by atoms with van der Waals surface area (Å²) in [5.74, 6) is 1.15. The molecule has 2 aliphatic rings. The van der Waals surface area contributed by atoms with Crippen LogP contribution < -0.4 is 5.32 Å². The van der Waals surface area contributed by atoms with Crippen molar-refractivity contribution >= 4 is 5.91 Å². The zero-order chi connectivity index (χ0) is 13.7. The van der Waals surface area contributed by atoms with Crippen LogP contribution in [-0.2, 0) is 4.79 Å². The first-order valence-corrected chi connectivity index (χ1v) is 7.92. The Labute approximate surface area is 117 Å². The lowest BCUT2D eigenvalue weighted by Crippen LogP contribution is -2.52. The predicted molar refractivity (Wildman–Crippen MR) is 78.1 cm³/mol. The van der Waals surface area contributed by atoms with Crippen molar-refractivity contribution in [3.05, 3.63) is 0 Å². The second-order valence-electron chi connectivity index (χ2n) is 6.31. The van der Waals surface area contributed by atoms with Crippen LogP contribution in [0.1, 0.15) is 39.5 Å². The number of hydrogen-bond acceptors (Lipinski definition) is 3. The molecule has 0 saturated carbocycles. The van der Waals surface area contributed by atoms with Gasteiger partial charge >= 0.3 is 0 Å². The van der Waals surface area contributed by atoms with Crippen LogP contribution in [0, 0.1) is 5.92 Å². The minimum atomic E-state index is 0.172. The van der Waals surface area contributed by atoms with Crippen molar-refractivity contribution < 1.29 is 4.79 Å². The summed E-state index contributed by atoms with van der Waals surface area (Å²) in [4.78, 5) is 17.0. The Morgan fingerprint density at radius 3 is 2.68 bits per heavy atom. The lowest BCUT2D eigenvalue weighted by molar-refractivity contribution is -0.136. The van der Waals surface area contributed by atoms with Crippen LogP contribution in [0.15, 0.2) is 0 Å². The zero-order valence-corrected chi connectivity index (χ0v) is 12.5. The van der Waals surface area contributed by atoms with Crippen molar-refractivity contribution in [2.24, 2.45) is 5.92 Å². The fourth-order valence-electron chi connectivity index (χ4n) is 3.17. The van der Waals surface area contributed by atoms with Crippen molar-refractivity contribution in [1.29, 1.82) is 0 Å². The molecule has 4 nitrogen and oxygen atoms in total. The van der Waals surface area contributed by atoms with Crippen molar-refractivity contribution in [2.45, 2.75) is 45.6 Å². The molecule has 19 heavy (non-hydrogen) atoms. The number of piperazine rings is 1. The average molecular weight is 267 g/mol. The van der Waals surface area contributed by atoms with Crippen LogP contribution in [0.5, 0.6) is 0 Å². The number of nitrogens with zero attached hydrogens (tertiary/aromatic N) is 2. The highest BCUT2D eigenvalue weighted by atomic mass is 16.2. The summed E-state index contributed by atoms with van der Waals surface area (Å²) in [6, 6.07) is 0.172. The summed E-state index contributed by atoms with van der Waals surface area (Å²) in [7, 11) is 0. The van der Waals surface area contributed by atoms with Crippen LogP contribution in [0.2, 0.25) is 0 Å². The normalized spacial score (nSPS) is 25.2. The molecule has 2 saturated heterocycles. The van der Waals surface area contributed by atoms with Gasteiger partial charge in [0.05, 0.1) is 6.04 Å². The topological polar surface area (TPSA) is 35.6 Å². The molecule has 1 atom stereocenters. The fourth-order valence-corrected chi connectivity index (χ4v) is 3.17. The fraction of sp³-hybridized carbons (Fsp3) is 0.933. The summed E-state index contributed by atoms with van der Waals surface area (Å²) < 4.78 is 0. The third-order valence-electron chi connectivity index (χ3n) is 4.30. The summed E-state index contributed by atoms with van der Waals surface area (Å²) in [6.07, 6.45) is 4.74. The molecule has 0 bridgehead atoms. The van der Waals surface area contributed by atoms with Crippen LogP contribution in [0.4, 0.5) is 0 Å². The van der Waals surface area contributed by atoms with Gasteiger partial charge in [-0.2, -0.15) is 0 Å². The van der Waals surface area contributed by atoms with Gasteiger partial charge in [-0.15, -0.1) is 0 Å². The smallest absolute Gasteiger partial charge is 0.240 e. The maximum atomic E-state index is 12.6. The van der Waals surface area contributed by atoms with Crippen molar-refractivity contribution in [1.82, 2.24) is 15.1 Å². The van der Waals surface area contributed by atoms with E-state index in [4.69, 9.17) is 0 Å². The van der Waals surface area contributed by atoms with Crippen LogP contribution in [0.25, 0.3) is 0 Å². The van der Waals surface area contributed by atoms with Gasteiger partial charge in [-0.3, -0.25) is 9.69 Å². The lowest BCUT2D eigenvalue weighted by atomic mass is 10.1. The zero-order valence-electron chi connectivity index (χ0n) is 12.5. The SMILES string of the molecule is CC(C)CCCN1CCCC1C(=O)N1CCNCC1. The van der Waals surface area contributed by atoms with E-state index in [2.05, 4.69) is 29.0 Å². The Bertz CT molecular complexity index is 287. The first-order chi connectivity index (χ1) is 9.18. The highest BCUT2D eigenvalue weighted by Gasteiger charge is 2.33. The quantitative estimate of drug-likeness (QED) is 0.816. The molecule has 2 fully saturated rings. The second-order valence-corrected chi connectivity index (χ2v) is 6.31. The number of rotatable bonds is 5. The number of carbonyl (C=O) groups is 1. The van der Waals surface area contributed by atoms with E-state index in [0.29, 0.717) is 5.91 Å². The van der Waals surface area contributed by atoms with Gasteiger partial charge in [0.2, 0.25) is 5.91 Å². The predicted octanol–water partition coefficient (Wildman–Crippen LogP) is 1.32. The highest BCUT2D eigenvalue weighted by Crippen LogP contribution is 2.20. The highest BCUT2D eigenvalue weighted by molar-refractivity contribution is 5.82. The van der Waals surface area contributed by atoms with Gasteiger partial charge in [0.25, 0.3) is 0 Å². The van der Waals surface area contributed by atoms with Gasteiger partial charge in [-0.1, -0.05) is 13.8 Å². The summed E-state index contributed by atoms with van der Waals surface area (Å²) in [5.41, 5.74) is 0. The molecule has 0 aromatic carbocycles. The minimum Gasteiger partial charge on any atom is -0.339 e. The van der Waals surface area contributed by atoms with E-state index in [1.54, 1.807) is 0 Å². The molecule has 0 spiro atoms. The van der Waals surface area contributed by atoms with E-state index in [1.165, 1.54) is 19.3 Å². The first-order valence-electron chi connectivity index (χ1n) is 7.92. The number of amides is 1. The Kier molecular flexibility index (Phi) is 5.64. The number of likely N-dealkylation sites (tertiary alicyclic amines) is 1. The van der Waals surface area contributed by atoms with E-state index >= 15 is 0 Å². The number of hydrogen-bond donors (Lipinski definition) is 1. The first kappa shape index (κ1) is 14.8. The van der Waals surface area contributed by atoms with Gasteiger partial charge in [-0.05, 0) is 44.7 Å². The molecule has 1 unspecified atom stereocenters. The van der Waals surface area contributed by atoms with E-state index < -0.39 is 0 Å². The van der Waals surface area contributed by atoms with Crippen LogP contribution >= 0.6 is 0 Å². The Balaban J connectivity index is 1.81. The average Bonchev–Trinajstić information content (AvgIpc) is 2.87. The Hall–Kier alpha value is -0.610. The molecule has 1 amide bonds. The maximum Gasteiger partial charge on any atom is 0.240 e. The summed E-state index contributed by atoms with van der Waals surface area (Å²) in [5, 5.41) is 3.31. The molecular weight excluding hydrogens is 238 g/mol. The number of carbonyl (C=O) groups excluding carboxylic acids is 1. The minimum absolute atomic E-state index is 0.172. The summed E-state index contributed by atoms with van der Waals surface area (Å²) in [6.45, 7) is 10.4. The molecule has 0 aromatic heterocycles. The Morgan fingerprint density at radius 1 is 1.26 bits per heavy atom. The van der Waals surface area contributed by atoms with Gasteiger partial charge in [0.1, 0.15) is 0 Å². The van der Waals surface area contributed by atoms with Crippen molar-refractivity contribution in [2.75, 3.05) is 39.3 Å². The summed E-state index contributed by atoms with van der Waals surface area (Å²) >= 11 is 0. The van der Waals surface area contributed by atoms with Gasteiger partial charge in [-0.25, -0.2) is 0 Å². The molecule has 0 radical (unpaired) electrons. The number of nitrogens with one attached hydrogen (secondary N) is 1. The van der Waals surface area contributed by atoms with E-state index in [0.717, 1.165) is 51.6 Å². The molecular formula is C15H29N3O. The van der Waals surface area contributed by atoms with Crippen LogP contribution in [-0.4, -0.2) is 61.0 Å². The van der Waals surface area contributed by atoms with Gasteiger partial charge in [0, 0.05) is 26.2 Å². The molecule has 4 heteroatoms. The molecule has 0 aliphatic carbocycles. The van der Waals surface area contributed by atoms with E-state index in [9.17, 15) is 4.79 Å². The molecule has 2 rings (SSSR count). The third kappa shape index (κ3) is 4.18. The molecule has 2 aliphatic heterocycles. The largest absolute Gasteiger partial charge is 0.339 e. The molecule has 1 N–H and O–H groups in total. The van der Waals surface area contributed by atoms with E-state index in [1.807, 2.05) is 0 Å². The van der Waals surface area contributed by atoms with Gasteiger partial charge < -0.3 is 10.2 Å². The standard InChI is InChI=1S/C15H29N3O/c1-13(2)5-3-9-17-10-4-6-14(17)15(19)18-11-7-16-8-12-18/h13-14,16H,3-12H2,1-2H3.